The van der Waals surface area contributed by atoms with Crippen molar-refractivity contribution in [3.63, 3.8) is 0 Å². The Kier molecular flexibility index (Phi) is 7.01. The zero-order valence-electron chi connectivity index (χ0n) is 17.0. The highest BCUT2D eigenvalue weighted by atomic mass is 35.5. The average molecular weight is 454 g/mol. The van der Waals surface area contributed by atoms with E-state index in [2.05, 4.69) is 0 Å². The molecule has 0 N–H and O–H groups in total. The van der Waals surface area contributed by atoms with E-state index in [9.17, 15) is 13.7 Å². The van der Waals surface area contributed by atoms with Gasteiger partial charge in [0.05, 0.1) is 12.0 Å². The minimum absolute atomic E-state index is 0.0188. The molecule has 0 aliphatic heterocycles. The molecule has 7 heteroatoms. The van der Waals surface area contributed by atoms with Gasteiger partial charge in [0.25, 0.3) is 0 Å². The Hall–Kier alpha value is -3.27. The number of hydrogen-bond donors (Lipinski definition) is 0. The van der Waals surface area contributed by atoms with Crippen LogP contribution in [0.4, 0.5) is 0 Å². The van der Waals surface area contributed by atoms with Crippen LogP contribution in [0.3, 0.4) is 0 Å². The maximum Gasteiger partial charge on any atom is 0.216 e. The highest BCUT2D eigenvalue weighted by Crippen LogP contribution is 2.34. The molecule has 31 heavy (non-hydrogen) atoms. The zero-order chi connectivity index (χ0) is 22.4. The number of hydrogen-bond acceptors (Lipinski definition) is 5. The van der Waals surface area contributed by atoms with Gasteiger partial charge in [-0.15, -0.1) is 0 Å². The minimum atomic E-state index is -4.03. The molecular formula is C24H20ClNO4S. The molecule has 0 spiro atoms. The van der Waals surface area contributed by atoms with Gasteiger partial charge in [0.1, 0.15) is 17.6 Å². The molecule has 0 saturated carbocycles. The molecule has 0 bridgehead atoms. The van der Waals surface area contributed by atoms with Crippen molar-refractivity contribution >= 4 is 27.5 Å². The monoisotopic (exact) mass is 453 g/mol. The average Bonchev–Trinajstić information content (AvgIpc) is 2.77. The number of benzene rings is 3. The van der Waals surface area contributed by atoms with E-state index in [4.69, 9.17) is 21.1 Å². The molecule has 3 rings (SSSR count). The number of para-hydroxylation sites is 1. The predicted molar refractivity (Wildman–Crippen MR) is 121 cm³/mol. The smallest absolute Gasteiger partial charge is 0.216 e. The van der Waals surface area contributed by atoms with Crippen molar-refractivity contribution in [3.05, 3.63) is 93.3 Å². The topological polar surface area (TPSA) is 76.4 Å². The first kappa shape index (κ1) is 22.4. The predicted octanol–water partition coefficient (Wildman–Crippen LogP) is 5.57. The standard InChI is InChI=1S/C24H20ClNO4S/c1-17-6-8-18(9-7-17)16-30-24-19(4-3-5-23(24)29-2)14-22(15-26)31(27,28)21-12-10-20(25)11-13-21/h3-14H,16H2,1-2H3. The summed E-state index contributed by atoms with van der Waals surface area (Å²) in [6.07, 6.45) is 1.29. The fourth-order valence-corrected chi connectivity index (χ4v) is 4.13. The third-order valence-electron chi connectivity index (χ3n) is 4.54. The van der Waals surface area contributed by atoms with Crippen molar-refractivity contribution in [2.24, 2.45) is 0 Å². The third kappa shape index (κ3) is 5.26. The second kappa shape index (κ2) is 9.69. The van der Waals surface area contributed by atoms with Gasteiger partial charge < -0.3 is 9.47 Å². The number of allylic oxidation sites excluding steroid dienone is 1. The van der Waals surface area contributed by atoms with Crippen LogP contribution in [0.25, 0.3) is 6.08 Å². The lowest BCUT2D eigenvalue weighted by Crippen LogP contribution is -2.04. The van der Waals surface area contributed by atoms with Gasteiger partial charge in [-0.3, -0.25) is 0 Å². The summed E-state index contributed by atoms with van der Waals surface area (Å²) >= 11 is 5.85. The molecule has 158 valence electrons. The number of nitrogens with zero attached hydrogens (tertiary/aromatic N) is 1. The van der Waals surface area contributed by atoms with Crippen molar-refractivity contribution in [1.82, 2.24) is 0 Å². The van der Waals surface area contributed by atoms with Crippen LogP contribution in [0, 0.1) is 18.3 Å². The fraction of sp³-hybridized carbons (Fsp3) is 0.125. The summed E-state index contributed by atoms with van der Waals surface area (Å²) in [6.45, 7) is 2.26. The van der Waals surface area contributed by atoms with E-state index in [1.54, 1.807) is 24.3 Å². The number of aryl methyl sites for hydroxylation is 1. The molecule has 5 nitrogen and oxygen atoms in total. The molecule has 0 atom stereocenters. The number of ether oxygens (including phenoxy) is 2. The first-order chi connectivity index (χ1) is 14.8. The Balaban J connectivity index is 2.00. The summed E-state index contributed by atoms with van der Waals surface area (Å²) in [5.41, 5.74) is 2.50. The van der Waals surface area contributed by atoms with Gasteiger partial charge in [-0.25, -0.2) is 8.42 Å². The number of methoxy groups -OCH3 is 1. The first-order valence-corrected chi connectivity index (χ1v) is 11.2. The first-order valence-electron chi connectivity index (χ1n) is 9.33. The summed E-state index contributed by atoms with van der Waals surface area (Å²) in [5.74, 6) is 0.784. The van der Waals surface area contributed by atoms with Crippen LogP contribution in [0.5, 0.6) is 11.5 Å². The van der Waals surface area contributed by atoms with Gasteiger partial charge in [0.2, 0.25) is 9.84 Å². The molecule has 0 unspecified atom stereocenters. The minimum Gasteiger partial charge on any atom is -0.493 e. The van der Waals surface area contributed by atoms with Gasteiger partial charge in [-0.05, 0) is 48.9 Å². The van der Waals surface area contributed by atoms with E-state index in [1.807, 2.05) is 31.2 Å². The van der Waals surface area contributed by atoms with Crippen LogP contribution in [-0.2, 0) is 16.4 Å². The van der Waals surface area contributed by atoms with Crippen molar-refractivity contribution in [3.8, 4) is 17.6 Å². The van der Waals surface area contributed by atoms with E-state index in [0.29, 0.717) is 22.1 Å². The number of nitriles is 1. The quantitative estimate of drug-likeness (QED) is 0.437. The van der Waals surface area contributed by atoms with E-state index >= 15 is 0 Å². The molecular weight excluding hydrogens is 434 g/mol. The molecule has 0 aliphatic carbocycles. The molecule has 0 aliphatic rings. The van der Waals surface area contributed by atoms with Crippen molar-refractivity contribution in [2.75, 3.05) is 7.11 Å². The van der Waals surface area contributed by atoms with Crippen LogP contribution in [0.2, 0.25) is 5.02 Å². The molecule has 0 heterocycles. The van der Waals surface area contributed by atoms with E-state index in [1.165, 1.54) is 37.5 Å². The molecule has 0 fully saturated rings. The Bertz CT molecular complexity index is 1240. The Morgan fingerprint density at radius 2 is 1.74 bits per heavy atom. The lowest BCUT2D eigenvalue weighted by Gasteiger charge is -2.14. The number of rotatable bonds is 7. The molecule has 0 aromatic heterocycles. The van der Waals surface area contributed by atoms with Crippen LogP contribution >= 0.6 is 11.6 Å². The molecule has 3 aromatic carbocycles. The maximum atomic E-state index is 13.0. The summed E-state index contributed by atoms with van der Waals surface area (Å²) in [4.78, 5) is -0.432. The fourth-order valence-electron chi connectivity index (χ4n) is 2.85. The SMILES string of the molecule is COc1cccc(C=C(C#N)S(=O)(=O)c2ccc(Cl)cc2)c1OCc1ccc(C)cc1. The van der Waals surface area contributed by atoms with E-state index < -0.39 is 14.7 Å². The number of sulfone groups is 1. The summed E-state index contributed by atoms with van der Waals surface area (Å²) < 4.78 is 37.3. The molecule has 0 radical (unpaired) electrons. The van der Waals surface area contributed by atoms with Crippen LogP contribution in [-0.4, -0.2) is 15.5 Å². The summed E-state index contributed by atoms with van der Waals surface area (Å²) in [6, 6.07) is 20.4. The van der Waals surface area contributed by atoms with Crippen LogP contribution in [0.1, 0.15) is 16.7 Å². The van der Waals surface area contributed by atoms with E-state index in [-0.39, 0.29) is 11.5 Å². The van der Waals surface area contributed by atoms with Gasteiger partial charge in [-0.1, -0.05) is 53.6 Å². The van der Waals surface area contributed by atoms with Gasteiger partial charge >= 0.3 is 0 Å². The Morgan fingerprint density at radius 3 is 2.35 bits per heavy atom. The van der Waals surface area contributed by atoms with Crippen molar-refractivity contribution in [2.45, 2.75) is 18.4 Å². The normalized spacial score (nSPS) is 11.6. The van der Waals surface area contributed by atoms with Gasteiger partial charge in [0, 0.05) is 10.6 Å². The largest absolute Gasteiger partial charge is 0.493 e. The third-order valence-corrected chi connectivity index (χ3v) is 6.48. The number of halogens is 1. The Morgan fingerprint density at radius 1 is 1.06 bits per heavy atom. The van der Waals surface area contributed by atoms with Crippen LogP contribution in [0.15, 0.2) is 76.5 Å². The zero-order valence-corrected chi connectivity index (χ0v) is 18.6. The van der Waals surface area contributed by atoms with Crippen LogP contribution < -0.4 is 9.47 Å². The molecule has 0 amide bonds. The highest BCUT2D eigenvalue weighted by Gasteiger charge is 2.22. The van der Waals surface area contributed by atoms with E-state index in [0.717, 1.165) is 11.1 Å². The molecule has 0 saturated heterocycles. The molecule has 3 aromatic rings. The second-order valence-electron chi connectivity index (χ2n) is 6.73. The Labute approximate surface area is 187 Å². The maximum absolute atomic E-state index is 13.0. The van der Waals surface area contributed by atoms with Crippen molar-refractivity contribution in [1.29, 1.82) is 5.26 Å². The lowest BCUT2D eigenvalue weighted by molar-refractivity contribution is 0.284. The summed E-state index contributed by atoms with van der Waals surface area (Å²) in [7, 11) is -2.53. The highest BCUT2D eigenvalue weighted by molar-refractivity contribution is 7.95. The van der Waals surface area contributed by atoms with Gasteiger partial charge in [0.15, 0.2) is 11.5 Å². The summed E-state index contributed by atoms with van der Waals surface area (Å²) in [5, 5.41) is 10.00. The lowest BCUT2D eigenvalue weighted by atomic mass is 10.1. The second-order valence-corrected chi connectivity index (χ2v) is 9.09. The van der Waals surface area contributed by atoms with Gasteiger partial charge in [-0.2, -0.15) is 5.26 Å². The van der Waals surface area contributed by atoms with Crippen molar-refractivity contribution < 1.29 is 17.9 Å².